The lowest BCUT2D eigenvalue weighted by molar-refractivity contribution is -0.137. The molecule has 4 aromatic rings. The molecule has 0 bridgehead atoms. The van der Waals surface area contributed by atoms with Crippen LogP contribution in [0.25, 0.3) is 10.9 Å². The van der Waals surface area contributed by atoms with E-state index in [0.29, 0.717) is 23.4 Å². The zero-order chi connectivity index (χ0) is 29.9. The lowest BCUT2D eigenvalue weighted by Gasteiger charge is -2.20. The van der Waals surface area contributed by atoms with E-state index in [1.165, 1.54) is 0 Å². The summed E-state index contributed by atoms with van der Waals surface area (Å²) in [7, 11) is 1.79. The van der Waals surface area contributed by atoms with Gasteiger partial charge in [-0.1, -0.05) is 66.7 Å². The fourth-order valence-corrected chi connectivity index (χ4v) is 4.60. The number of rotatable bonds is 13. The van der Waals surface area contributed by atoms with Crippen LogP contribution in [0.2, 0.25) is 0 Å². The number of amides is 3. The van der Waals surface area contributed by atoms with Crippen LogP contribution < -0.4 is 16.0 Å². The van der Waals surface area contributed by atoms with E-state index in [-0.39, 0.29) is 32.4 Å². The summed E-state index contributed by atoms with van der Waals surface area (Å²) in [4.78, 5) is 50.0. The number of ether oxygens (including phenoxy) is 1. The Balaban J connectivity index is 1.41. The number of fused-ring (bicyclic) bond motifs is 1. The fraction of sp³-hybridized carbons (Fsp3) is 0.250. The first-order valence-corrected chi connectivity index (χ1v) is 13.7. The Hall–Kier alpha value is -5.12. The van der Waals surface area contributed by atoms with E-state index in [1.807, 2.05) is 54.6 Å². The minimum absolute atomic E-state index is 0.0832. The second-order valence-electron chi connectivity index (χ2n) is 9.84. The Morgan fingerprint density at radius 3 is 2.40 bits per heavy atom. The molecule has 1 aromatic heterocycles. The number of carbonyl (C=O) groups excluding carboxylic acids is 3. The number of alkyl carbamates (subject to hydrolysis) is 1. The molecule has 3 amide bonds. The second kappa shape index (κ2) is 14.5. The molecule has 1 heterocycles. The number of hydrogen-bond acceptors (Lipinski definition) is 5. The summed E-state index contributed by atoms with van der Waals surface area (Å²) in [6, 6.07) is 24.7. The molecule has 0 radical (unpaired) electrons. The highest BCUT2D eigenvalue weighted by Crippen LogP contribution is 2.20. The lowest BCUT2D eigenvalue weighted by atomic mass is 10.1. The third kappa shape index (κ3) is 8.20. The molecule has 3 aromatic carbocycles. The highest BCUT2D eigenvalue weighted by molar-refractivity contribution is 6.03. The van der Waals surface area contributed by atoms with Crippen molar-refractivity contribution in [1.29, 1.82) is 0 Å². The number of carboxylic acids is 1. The summed E-state index contributed by atoms with van der Waals surface area (Å²) in [5.41, 5.74) is 3.31. The Morgan fingerprint density at radius 1 is 0.929 bits per heavy atom. The summed E-state index contributed by atoms with van der Waals surface area (Å²) >= 11 is 0. The van der Waals surface area contributed by atoms with Gasteiger partial charge in [-0.2, -0.15) is 0 Å². The van der Waals surface area contributed by atoms with Crippen molar-refractivity contribution < 1.29 is 29.0 Å². The molecule has 0 fully saturated rings. The van der Waals surface area contributed by atoms with Crippen LogP contribution in [0, 0.1) is 0 Å². The van der Waals surface area contributed by atoms with Crippen LogP contribution >= 0.6 is 0 Å². The monoisotopic (exact) mass is 570 g/mol. The summed E-state index contributed by atoms with van der Waals surface area (Å²) in [6.07, 6.45) is 0.201. The van der Waals surface area contributed by atoms with E-state index < -0.39 is 29.9 Å². The van der Waals surface area contributed by atoms with E-state index in [4.69, 9.17) is 9.84 Å². The number of para-hydroxylation sites is 2. The summed E-state index contributed by atoms with van der Waals surface area (Å²) in [5.74, 6) is -1.80. The van der Waals surface area contributed by atoms with Crippen LogP contribution in [-0.4, -0.2) is 46.1 Å². The van der Waals surface area contributed by atoms with E-state index in [2.05, 4.69) is 16.0 Å². The molecular weight excluding hydrogens is 536 g/mol. The van der Waals surface area contributed by atoms with Gasteiger partial charge in [0.05, 0.1) is 0 Å². The van der Waals surface area contributed by atoms with E-state index in [1.54, 1.807) is 41.9 Å². The molecule has 0 aliphatic heterocycles. The van der Waals surface area contributed by atoms with E-state index in [0.717, 1.165) is 16.5 Å². The number of aliphatic carboxylic acids is 1. The van der Waals surface area contributed by atoms with Crippen molar-refractivity contribution in [3.05, 3.63) is 102 Å². The SMILES string of the molecule is Cn1c(C(=O)N[C@@H](CCCNC(=O)OCc2ccccc2)C(=O)Nc2ccccc2CCC(=O)O)cc2ccccc21. The minimum Gasteiger partial charge on any atom is -0.481 e. The first-order valence-electron chi connectivity index (χ1n) is 13.7. The van der Waals surface area contributed by atoms with Gasteiger partial charge < -0.3 is 30.4 Å². The predicted octanol–water partition coefficient (Wildman–Crippen LogP) is 4.64. The number of aromatic nitrogens is 1. The molecule has 0 saturated heterocycles. The third-order valence-electron chi connectivity index (χ3n) is 6.84. The average molecular weight is 571 g/mol. The van der Waals surface area contributed by atoms with E-state index >= 15 is 0 Å². The first-order chi connectivity index (χ1) is 20.3. The van der Waals surface area contributed by atoms with Gasteiger partial charge in [0.15, 0.2) is 0 Å². The number of nitrogens with one attached hydrogen (secondary N) is 3. The number of nitrogens with zero attached hydrogens (tertiary/aromatic N) is 1. The molecule has 1 atom stereocenters. The average Bonchev–Trinajstić information content (AvgIpc) is 3.34. The maximum atomic E-state index is 13.5. The molecule has 218 valence electrons. The number of carbonyl (C=O) groups is 4. The zero-order valence-electron chi connectivity index (χ0n) is 23.3. The minimum atomic E-state index is -0.939. The van der Waals surface area contributed by atoms with Crippen LogP contribution in [0.3, 0.4) is 0 Å². The molecule has 4 N–H and O–H groups in total. The number of benzene rings is 3. The topological polar surface area (TPSA) is 139 Å². The normalized spacial score (nSPS) is 11.5. The van der Waals surface area contributed by atoms with Gasteiger partial charge in [0, 0.05) is 36.6 Å². The highest BCUT2D eigenvalue weighted by atomic mass is 16.5. The van der Waals surface area contributed by atoms with Crippen molar-refractivity contribution in [3.8, 4) is 0 Å². The molecule has 0 unspecified atom stereocenters. The smallest absolute Gasteiger partial charge is 0.407 e. The van der Waals surface area contributed by atoms with Gasteiger partial charge in [0.2, 0.25) is 5.91 Å². The summed E-state index contributed by atoms with van der Waals surface area (Å²) in [6.45, 7) is 0.372. The Bertz CT molecular complexity index is 1550. The fourth-order valence-electron chi connectivity index (χ4n) is 4.60. The van der Waals surface area contributed by atoms with Gasteiger partial charge in [-0.25, -0.2) is 4.79 Å². The molecular formula is C32H34N4O6. The van der Waals surface area contributed by atoms with Gasteiger partial charge in [-0.15, -0.1) is 0 Å². The second-order valence-corrected chi connectivity index (χ2v) is 9.84. The number of carboxylic acid groups (broad SMARTS) is 1. The Labute approximate surface area is 243 Å². The summed E-state index contributed by atoms with van der Waals surface area (Å²) < 4.78 is 7.00. The van der Waals surface area contributed by atoms with Crippen molar-refractivity contribution >= 4 is 40.5 Å². The van der Waals surface area contributed by atoms with Crippen LogP contribution in [0.15, 0.2) is 84.9 Å². The highest BCUT2D eigenvalue weighted by Gasteiger charge is 2.24. The number of aryl methyl sites for hydroxylation is 2. The first kappa shape index (κ1) is 29.9. The number of hydrogen-bond donors (Lipinski definition) is 4. The zero-order valence-corrected chi connectivity index (χ0v) is 23.3. The third-order valence-corrected chi connectivity index (χ3v) is 6.84. The molecule has 0 saturated carbocycles. The van der Waals surface area contributed by atoms with Gasteiger partial charge in [-0.3, -0.25) is 14.4 Å². The Morgan fingerprint density at radius 2 is 1.64 bits per heavy atom. The van der Waals surface area contributed by atoms with Crippen molar-refractivity contribution in [1.82, 2.24) is 15.2 Å². The summed E-state index contributed by atoms with van der Waals surface area (Å²) in [5, 5.41) is 18.4. The molecule has 0 spiro atoms. The van der Waals surface area contributed by atoms with Crippen LogP contribution in [0.1, 0.15) is 40.9 Å². The van der Waals surface area contributed by atoms with Crippen molar-refractivity contribution in [2.45, 2.75) is 38.3 Å². The molecule has 0 aliphatic carbocycles. The number of anilines is 1. The lowest BCUT2D eigenvalue weighted by Crippen LogP contribution is -2.44. The van der Waals surface area contributed by atoms with Gasteiger partial charge in [0.1, 0.15) is 18.3 Å². The maximum absolute atomic E-state index is 13.5. The molecule has 0 aliphatic rings. The molecule has 10 heteroatoms. The van der Waals surface area contributed by atoms with E-state index in [9.17, 15) is 19.2 Å². The van der Waals surface area contributed by atoms with Gasteiger partial charge in [-0.05, 0) is 48.6 Å². The Kier molecular flexibility index (Phi) is 10.3. The van der Waals surface area contributed by atoms with Crippen LogP contribution in [0.5, 0.6) is 0 Å². The van der Waals surface area contributed by atoms with Crippen LogP contribution in [-0.2, 0) is 34.4 Å². The van der Waals surface area contributed by atoms with Gasteiger partial charge >= 0.3 is 12.1 Å². The standard InChI is InChI=1S/C32H34N4O6/c1-36-27-16-8-6-13-24(27)20-28(36)31(40)35-26(15-9-19-33-32(41)42-21-22-10-3-2-4-11-22)30(39)34-25-14-7-5-12-23(25)17-18-29(37)38/h2-8,10-14,16,20,26H,9,15,17-19,21H2,1H3,(H,33,41)(H,34,39)(H,35,40)(H,37,38)/t26-/m0/s1. The van der Waals surface area contributed by atoms with Crippen molar-refractivity contribution in [3.63, 3.8) is 0 Å². The quantitative estimate of drug-likeness (QED) is 0.173. The maximum Gasteiger partial charge on any atom is 0.407 e. The molecule has 42 heavy (non-hydrogen) atoms. The van der Waals surface area contributed by atoms with Crippen LogP contribution in [0.4, 0.5) is 10.5 Å². The van der Waals surface area contributed by atoms with Crippen molar-refractivity contribution in [2.75, 3.05) is 11.9 Å². The predicted molar refractivity (Wildman–Crippen MR) is 159 cm³/mol. The largest absolute Gasteiger partial charge is 0.481 e. The molecule has 4 rings (SSSR count). The van der Waals surface area contributed by atoms with Crippen molar-refractivity contribution in [2.24, 2.45) is 7.05 Å². The molecule has 10 nitrogen and oxygen atoms in total. The van der Waals surface area contributed by atoms with Gasteiger partial charge in [0.25, 0.3) is 5.91 Å².